The van der Waals surface area contributed by atoms with Crippen molar-refractivity contribution in [1.29, 1.82) is 0 Å². The van der Waals surface area contributed by atoms with E-state index >= 15 is 0 Å². The summed E-state index contributed by atoms with van der Waals surface area (Å²) in [5.41, 5.74) is 1.89. The van der Waals surface area contributed by atoms with Crippen molar-refractivity contribution in [3.63, 3.8) is 0 Å². The third-order valence-electron chi connectivity index (χ3n) is 4.42. The molecule has 0 aliphatic heterocycles. The molecule has 2 heterocycles. The van der Waals surface area contributed by atoms with E-state index in [2.05, 4.69) is 10.3 Å². The molecule has 2 aromatic heterocycles. The summed E-state index contributed by atoms with van der Waals surface area (Å²) in [7, 11) is 3.16. The van der Waals surface area contributed by atoms with Crippen molar-refractivity contribution in [2.45, 2.75) is 6.54 Å². The Morgan fingerprint density at radius 1 is 1.07 bits per heavy atom. The van der Waals surface area contributed by atoms with Crippen molar-refractivity contribution in [3.8, 4) is 11.5 Å². The number of ether oxygens (including phenoxy) is 2. The molecule has 28 heavy (non-hydrogen) atoms. The van der Waals surface area contributed by atoms with Gasteiger partial charge in [0, 0.05) is 27.9 Å². The number of hydrogen-bond donors (Lipinski definition) is 1. The molecule has 142 valence electrons. The van der Waals surface area contributed by atoms with E-state index in [-0.39, 0.29) is 18.2 Å². The highest BCUT2D eigenvalue weighted by Crippen LogP contribution is 2.26. The minimum Gasteiger partial charge on any atom is -0.497 e. The Morgan fingerprint density at radius 3 is 2.71 bits per heavy atom. The van der Waals surface area contributed by atoms with Gasteiger partial charge < -0.3 is 19.2 Å². The number of benzene rings is 2. The first-order valence-electron chi connectivity index (χ1n) is 8.56. The largest absolute Gasteiger partial charge is 0.497 e. The number of pyridine rings is 1. The molecule has 0 atom stereocenters. The smallest absolute Gasteiger partial charge is 0.287 e. The average Bonchev–Trinajstić information content (AvgIpc) is 3.12. The molecular formula is C21H17ClN2O4. The summed E-state index contributed by atoms with van der Waals surface area (Å²) >= 11 is 6.02. The van der Waals surface area contributed by atoms with E-state index in [0.717, 1.165) is 16.3 Å². The SMILES string of the molecule is COc1ccc(OC)c(CNC(=O)c2cc3cc4ccc(Cl)cc4nc3o2)c1. The fourth-order valence-corrected chi connectivity index (χ4v) is 3.16. The molecule has 0 spiro atoms. The first-order chi connectivity index (χ1) is 13.6. The number of hydrogen-bond acceptors (Lipinski definition) is 5. The number of halogens is 1. The Morgan fingerprint density at radius 2 is 1.93 bits per heavy atom. The van der Waals surface area contributed by atoms with Gasteiger partial charge in [0.15, 0.2) is 5.76 Å². The second kappa shape index (κ2) is 7.40. The number of nitrogens with zero attached hydrogens (tertiary/aromatic N) is 1. The fourth-order valence-electron chi connectivity index (χ4n) is 2.99. The lowest BCUT2D eigenvalue weighted by atomic mass is 10.2. The quantitative estimate of drug-likeness (QED) is 0.534. The average molecular weight is 397 g/mol. The third kappa shape index (κ3) is 3.46. The van der Waals surface area contributed by atoms with Crippen LogP contribution in [0.25, 0.3) is 22.0 Å². The first-order valence-corrected chi connectivity index (χ1v) is 8.94. The lowest BCUT2D eigenvalue weighted by molar-refractivity contribution is 0.0924. The number of aromatic nitrogens is 1. The van der Waals surface area contributed by atoms with E-state index < -0.39 is 0 Å². The minimum absolute atomic E-state index is 0.186. The molecule has 0 saturated heterocycles. The number of rotatable bonds is 5. The zero-order chi connectivity index (χ0) is 19.7. The number of fused-ring (bicyclic) bond motifs is 2. The van der Waals surface area contributed by atoms with Gasteiger partial charge in [-0.3, -0.25) is 4.79 Å². The first kappa shape index (κ1) is 18.1. The third-order valence-corrected chi connectivity index (χ3v) is 4.65. The van der Waals surface area contributed by atoms with Gasteiger partial charge in [-0.1, -0.05) is 17.7 Å². The molecule has 4 rings (SSSR count). The van der Waals surface area contributed by atoms with Gasteiger partial charge in [-0.05, 0) is 42.5 Å². The predicted molar refractivity (Wildman–Crippen MR) is 107 cm³/mol. The molecule has 0 unspecified atom stereocenters. The molecular weight excluding hydrogens is 380 g/mol. The van der Waals surface area contributed by atoms with E-state index in [9.17, 15) is 4.79 Å². The van der Waals surface area contributed by atoms with Crippen LogP contribution in [0.2, 0.25) is 5.02 Å². The number of methoxy groups -OCH3 is 2. The fraction of sp³-hybridized carbons (Fsp3) is 0.143. The molecule has 0 fully saturated rings. The Hall–Kier alpha value is -3.25. The highest BCUT2D eigenvalue weighted by Gasteiger charge is 2.15. The van der Waals surface area contributed by atoms with Crippen LogP contribution in [-0.4, -0.2) is 25.1 Å². The van der Waals surface area contributed by atoms with Crippen LogP contribution < -0.4 is 14.8 Å². The summed E-state index contributed by atoms with van der Waals surface area (Å²) in [5, 5.41) is 5.10. The van der Waals surface area contributed by atoms with Crippen LogP contribution in [0.4, 0.5) is 0 Å². The summed E-state index contributed by atoms with van der Waals surface area (Å²) in [5.74, 6) is 1.19. The summed E-state index contributed by atoms with van der Waals surface area (Å²) < 4.78 is 16.2. The van der Waals surface area contributed by atoms with Crippen molar-refractivity contribution in [1.82, 2.24) is 10.3 Å². The van der Waals surface area contributed by atoms with Gasteiger partial charge in [0.25, 0.3) is 5.91 Å². The Labute approximate surface area is 166 Å². The Kier molecular flexibility index (Phi) is 4.79. The number of amides is 1. The molecule has 1 amide bonds. The topological polar surface area (TPSA) is 73.6 Å². The zero-order valence-electron chi connectivity index (χ0n) is 15.3. The number of carbonyl (C=O) groups excluding carboxylic acids is 1. The van der Waals surface area contributed by atoms with Crippen molar-refractivity contribution >= 4 is 39.5 Å². The standard InChI is InChI=1S/C21H17ClN2O4/c1-26-16-5-6-18(27-2)14(8-16)11-23-20(25)19-9-13-7-12-3-4-15(22)10-17(12)24-21(13)28-19/h3-10H,11H2,1-2H3,(H,23,25). The molecule has 6 nitrogen and oxygen atoms in total. The molecule has 4 aromatic rings. The lowest BCUT2D eigenvalue weighted by Gasteiger charge is -2.10. The maximum absolute atomic E-state index is 12.6. The summed E-state index contributed by atoms with van der Waals surface area (Å²) in [6, 6.07) is 14.4. The van der Waals surface area contributed by atoms with Crippen LogP contribution >= 0.6 is 11.6 Å². The van der Waals surface area contributed by atoms with E-state index in [1.54, 1.807) is 44.6 Å². The second-order valence-electron chi connectivity index (χ2n) is 6.19. The predicted octanol–water partition coefficient (Wildman–Crippen LogP) is 4.58. The second-order valence-corrected chi connectivity index (χ2v) is 6.63. The highest BCUT2D eigenvalue weighted by atomic mass is 35.5. The van der Waals surface area contributed by atoms with Crippen LogP contribution in [0.15, 0.2) is 52.9 Å². The summed E-state index contributed by atoms with van der Waals surface area (Å²) in [4.78, 5) is 17.0. The van der Waals surface area contributed by atoms with Gasteiger partial charge in [-0.2, -0.15) is 0 Å². The van der Waals surface area contributed by atoms with Gasteiger partial charge in [0.1, 0.15) is 11.5 Å². The lowest BCUT2D eigenvalue weighted by Crippen LogP contribution is -2.22. The van der Waals surface area contributed by atoms with Crippen LogP contribution in [0, 0.1) is 0 Å². The van der Waals surface area contributed by atoms with Crippen molar-refractivity contribution in [2.75, 3.05) is 14.2 Å². The van der Waals surface area contributed by atoms with E-state index in [4.69, 9.17) is 25.5 Å². The minimum atomic E-state index is -0.343. The van der Waals surface area contributed by atoms with Gasteiger partial charge in [-0.15, -0.1) is 0 Å². The number of carbonyl (C=O) groups is 1. The molecule has 1 N–H and O–H groups in total. The van der Waals surface area contributed by atoms with Crippen molar-refractivity contribution < 1.29 is 18.7 Å². The van der Waals surface area contributed by atoms with Gasteiger partial charge in [0.2, 0.25) is 5.71 Å². The van der Waals surface area contributed by atoms with Gasteiger partial charge in [-0.25, -0.2) is 4.98 Å². The van der Waals surface area contributed by atoms with E-state index in [0.29, 0.717) is 27.8 Å². The number of nitrogens with one attached hydrogen (secondary N) is 1. The number of furan rings is 1. The molecule has 0 radical (unpaired) electrons. The summed E-state index contributed by atoms with van der Waals surface area (Å²) in [6.07, 6.45) is 0. The molecule has 0 aliphatic rings. The van der Waals surface area contributed by atoms with Gasteiger partial charge in [0.05, 0.1) is 19.7 Å². The Bertz CT molecular complexity index is 1190. The van der Waals surface area contributed by atoms with Crippen LogP contribution in [0.1, 0.15) is 16.1 Å². The van der Waals surface area contributed by atoms with E-state index in [1.165, 1.54) is 0 Å². The highest BCUT2D eigenvalue weighted by molar-refractivity contribution is 6.31. The van der Waals surface area contributed by atoms with Crippen molar-refractivity contribution in [2.24, 2.45) is 0 Å². The van der Waals surface area contributed by atoms with Crippen LogP contribution in [0.3, 0.4) is 0 Å². The normalized spacial score (nSPS) is 11.0. The van der Waals surface area contributed by atoms with Crippen LogP contribution in [-0.2, 0) is 6.54 Å². The zero-order valence-corrected chi connectivity index (χ0v) is 16.0. The Balaban J connectivity index is 1.58. The van der Waals surface area contributed by atoms with Crippen molar-refractivity contribution in [3.05, 3.63) is 64.9 Å². The molecule has 0 bridgehead atoms. The molecule has 0 aliphatic carbocycles. The molecule has 7 heteroatoms. The molecule has 0 saturated carbocycles. The van der Waals surface area contributed by atoms with Gasteiger partial charge >= 0.3 is 0 Å². The van der Waals surface area contributed by atoms with E-state index in [1.807, 2.05) is 18.2 Å². The monoisotopic (exact) mass is 396 g/mol. The summed E-state index contributed by atoms with van der Waals surface area (Å²) in [6.45, 7) is 0.265. The van der Waals surface area contributed by atoms with Crippen LogP contribution in [0.5, 0.6) is 11.5 Å². The maximum atomic E-state index is 12.6. The maximum Gasteiger partial charge on any atom is 0.287 e. The molecule has 2 aromatic carbocycles.